The summed E-state index contributed by atoms with van der Waals surface area (Å²) in [5.74, 6) is 1.96. The summed E-state index contributed by atoms with van der Waals surface area (Å²) in [5, 5.41) is 0. The fourth-order valence-corrected chi connectivity index (χ4v) is 8.59. The molecule has 53 heavy (non-hydrogen) atoms. The van der Waals surface area contributed by atoms with Gasteiger partial charge >= 0.3 is 0 Å². The largest absolute Gasteiger partial charge is 0.208 e. The van der Waals surface area contributed by atoms with Crippen LogP contribution in [-0.2, 0) is 5.41 Å². The molecule has 0 atom stereocenters. The summed E-state index contributed by atoms with van der Waals surface area (Å²) in [6.45, 7) is 4.21. The lowest BCUT2D eigenvalue weighted by Crippen LogP contribution is -2.26. The van der Waals surface area contributed by atoms with Crippen molar-refractivity contribution in [2.45, 2.75) is 19.3 Å². The normalized spacial score (nSPS) is 13.4. The molecule has 0 amide bonds. The average molecular weight is 678 g/mol. The third-order valence-electron chi connectivity index (χ3n) is 11.2. The molecule has 0 radical (unpaired) electrons. The Balaban J connectivity index is 1.23. The molecule has 8 aromatic rings. The second kappa shape index (κ2) is 12.2. The number of nitrogens with zero attached hydrogens (tertiary/aromatic N) is 3. The van der Waals surface area contributed by atoms with Gasteiger partial charge in [-0.15, -0.1) is 0 Å². The zero-order chi connectivity index (χ0) is 35.5. The molecule has 7 aromatic carbocycles. The van der Waals surface area contributed by atoms with Crippen molar-refractivity contribution in [3.8, 4) is 67.5 Å². The summed E-state index contributed by atoms with van der Waals surface area (Å²) in [4.78, 5) is 15.8. The minimum atomic E-state index is -0.522. The van der Waals surface area contributed by atoms with Gasteiger partial charge in [-0.3, -0.25) is 0 Å². The molecule has 0 fully saturated rings. The maximum atomic E-state index is 5.34. The lowest BCUT2D eigenvalue weighted by atomic mass is 9.69. The Morgan fingerprint density at radius 3 is 1.38 bits per heavy atom. The summed E-state index contributed by atoms with van der Waals surface area (Å²) in [7, 11) is 0. The van der Waals surface area contributed by atoms with E-state index in [0.29, 0.717) is 17.5 Å². The molecule has 1 heterocycles. The highest BCUT2D eigenvalue weighted by atomic mass is 15.0. The van der Waals surface area contributed by atoms with Gasteiger partial charge in [0.15, 0.2) is 17.5 Å². The van der Waals surface area contributed by atoms with Crippen LogP contribution < -0.4 is 0 Å². The van der Waals surface area contributed by atoms with Crippen molar-refractivity contribution < 1.29 is 0 Å². The molecule has 1 aromatic heterocycles. The molecule has 10 rings (SSSR count). The van der Waals surface area contributed by atoms with Gasteiger partial charge in [0.05, 0.1) is 5.41 Å². The van der Waals surface area contributed by atoms with E-state index in [0.717, 1.165) is 22.3 Å². The minimum absolute atomic E-state index is 0.522. The highest BCUT2D eigenvalue weighted by Gasteiger charge is 2.52. The number of aromatic nitrogens is 3. The van der Waals surface area contributed by atoms with Crippen LogP contribution in [0.15, 0.2) is 176 Å². The predicted octanol–water partition coefficient (Wildman–Crippen LogP) is 12.3. The molecule has 0 N–H and O–H groups in total. The second-order valence-electron chi connectivity index (χ2n) is 13.9. The Hall–Kier alpha value is -6.71. The van der Waals surface area contributed by atoms with Crippen molar-refractivity contribution >= 4 is 5.57 Å². The summed E-state index contributed by atoms with van der Waals surface area (Å²) in [6.07, 6.45) is 2.14. The third-order valence-corrected chi connectivity index (χ3v) is 11.2. The molecular weight excluding hydrogens is 643 g/mol. The van der Waals surface area contributed by atoms with Crippen LogP contribution in [0.2, 0.25) is 0 Å². The molecule has 2 aliphatic rings. The van der Waals surface area contributed by atoms with Crippen molar-refractivity contribution in [1.82, 2.24) is 15.0 Å². The van der Waals surface area contributed by atoms with E-state index in [1.807, 2.05) is 6.07 Å². The SMILES string of the molecule is CC=C(C)c1ccc(-c2nc(-c3ccc(-c4ccccc4)cc3)nc(-c3cccc4c3C3(c5ccccc5-c5ccccc53)c3ccccc3-4)n2)cc1. The molecular formula is C50H35N3. The van der Waals surface area contributed by atoms with Gasteiger partial charge in [-0.05, 0) is 80.6 Å². The Morgan fingerprint density at radius 1 is 0.396 bits per heavy atom. The van der Waals surface area contributed by atoms with Gasteiger partial charge in [-0.25, -0.2) is 15.0 Å². The molecule has 1 spiro atoms. The average Bonchev–Trinajstić information content (AvgIpc) is 3.71. The smallest absolute Gasteiger partial charge is 0.164 e. The lowest BCUT2D eigenvalue weighted by molar-refractivity contribution is 0.794. The Bertz CT molecular complexity index is 2660. The number of fused-ring (bicyclic) bond motifs is 10. The van der Waals surface area contributed by atoms with E-state index in [-0.39, 0.29) is 0 Å². The number of hydrogen-bond donors (Lipinski definition) is 0. The zero-order valence-corrected chi connectivity index (χ0v) is 29.6. The number of benzene rings is 7. The molecule has 0 bridgehead atoms. The minimum Gasteiger partial charge on any atom is -0.208 e. The zero-order valence-electron chi connectivity index (χ0n) is 29.6. The molecule has 0 unspecified atom stereocenters. The fourth-order valence-electron chi connectivity index (χ4n) is 8.59. The summed E-state index contributed by atoms with van der Waals surface area (Å²) in [5.41, 5.74) is 17.2. The van der Waals surface area contributed by atoms with Gasteiger partial charge < -0.3 is 0 Å². The topological polar surface area (TPSA) is 38.7 Å². The highest BCUT2D eigenvalue weighted by Crippen LogP contribution is 2.64. The van der Waals surface area contributed by atoms with Crippen LogP contribution in [0.5, 0.6) is 0 Å². The summed E-state index contributed by atoms with van der Waals surface area (Å²) in [6, 6.07) is 60.9. The number of rotatable bonds is 5. The van der Waals surface area contributed by atoms with Gasteiger partial charge in [0.25, 0.3) is 0 Å². The van der Waals surface area contributed by atoms with Gasteiger partial charge in [-0.1, -0.05) is 176 Å². The van der Waals surface area contributed by atoms with Crippen LogP contribution in [0.25, 0.3) is 73.1 Å². The molecule has 250 valence electrons. The van der Waals surface area contributed by atoms with Gasteiger partial charge in [0.2, 0.25) is 0 Å². The summed E-state index contributed by atoms with van der Waals surface area (Å²) < 4.78 is 0. The van der Waals surface area contributed by atoms with Crippen LogP contribution in [-0.4, -0.2) is 15.0 Å². The van der Waals surface area contributed by atoms with Crippen molar-refractivity contribution in [3.63, 3.8) is 0 Å². The Morgan fingerprint density at radius 2 is 0.811 bits per heavy atom. The maximum absolute atomic E-state index is 5.34. The third kappa shape index (κ3) is 4.71. The number of allylic oxidation sites excluding steroid dienone is 2. The standard InChI is InChI=1S/C50H35N3/c1-3-32(2)33-24-28-36(29-25-33)47-51-48(37-30-26-35(27-31-37)34-14-5-4-6-15-34)53-49(52-47)42-20-13-19-41-40-18-9-12-23-45(40)50(46(41)42)43-21-10-7-16-38(43)39-17-8-11-22-44(39)50/h3-31H,1-2H3. The van der Waals surface area contributed by atoms with E-state index < -0.39 is 5.41 Å². The van der Waals surface area contributed by atoms with E-state index >= 15 is 0 Å². The first kappa shape index (κ1) is 31.1. The van der Waals surface area contributed by atoms with Gasteiger partial charge in [0, 0.05) is 16.7 Å². The monoisotopic (exact) mass is 677 g/mol. The highest BCUT2D eigenvalue weighted by molar-refractivity contribution is 5.98. The first-order chi connectivity index (χ1) is 26.1. The lowest BCUT2D eigenvalue weighted by Gasteiger charge is -2.31. The maximum Gasteiger partial charge on any atom is 0.164 e. The van der Waals surface area contributed by atoms with Crippen LogP contribution in [0.3, 0.4) is 0 Å². The van der Waals surface area contributed by atoms with Crippen LogP contribution in [0.1, 0.15) is 41.7 Å². The van der Waals surface area contributed by atoms with Crippen LogP contribution in [0.4, 0.5) is 0 Å². The molecule has 3 nitrogen and oxygen atoms in total. The van der Waals surface area contributed by atoms with Gasteiger partial charge in [0.1, 0.15) is 0 Å². The molecule has 0 saturated heterocycles. The van der Waals surface area contributed by atoms with Crippen molar-refractivity contribution in [2.75, 3.05) is 0 Å². The molecule has 0 saturated carbocycles. The quantitative estimate of drug-likeness (QED) is 0.182. The van der Waals surface area contributed by atoms with Crippen molar-refractivity contribution in [3.05, 3.63) is 204 Å². The Labute approximate surface area is 310 Å². The first-order valence-corrected chi connectivity index (χ1v) is 18.2. The van der Waals surface area contributed by atoms with Crippen LogP contribution in [0, 0.1) is 0 Å². The molecule has 3 heteroatoms. The number of hydrogen-bond acceptors (Lipinski definition) is 3. The van der Waals surface area contributed by atoms with E-state index in [9.17, 15) is 0 Å². The van der Waals surface area contributed by atoms with E-state index in [4.69, 9.17) is 15.0 Å². The Kier molecular flexibility index (Phi) is 7.16. The van der Waals surface area contributed by atoms with Crippen LogP contribution >= 0.6 is 0 Å². The van der Waals surface area contributed by atoms with E-state index in [1.165, 1.54) is 61.2 Å². The predicted molar refractivity (Wildman–Crippen MR) is 217 cm³/mol. The van der Waals surface area contributed by atoms with Crippen molar-refractivity contribution in [2.24, 2.45) is 0 Å². The van der Waals surface area contributed by atoms with Crippen molar-refractivity contribution in [1.29, 1.82) is 0 Å². The summed E-state index contributed by atoms with van der Waals surface area (Å²) >= 11 is 0. The van der Waals surface area contributed by atoms with E-state index in [2.05, 4.69) is 184 Å². The molecule has 2 aliphatic carbocycles. The van der Waals surface area contributed by atoms with Gasteiger partial charge in [-0.2, -0.15) is 0 Å². The molecule has 0 aliphatic heterocycles. The first-order valence-electron chi connectivity index (χ1n) is 18.2. The van der Waals surface area contributed by atoms with E-state index in [1.54, 1.807) is 0 Å². The second-order valence-corrected chi connectivity index (χ2v) is 13.9. The fraction of sp³-hybridized carbons (Fsp3) is 0.0600.